The second kappa shape index (κ2) is 8.69. The number of halogens is 1. The van der Waals surface area contributed by atoms with Crippen molar-refractivity contribution in [2.24, 2.45) is 11.1 Å². The van der Waals surface area contributed by atoms with E-state index < -0.39 is 5.92 Å². The van der Waals surface area contributed by atoms with Crippen molar-refractivity contribution in [3.8, 4) is 11.8 Å². The first-order valence-corrected chi connectivity index (χ1v) is 12.2. The van der Waals surface area contributed by atoms with Crippen LogP contribution >= 0.6 is 11.6 Å². The normalized spacial score (nSPS) is 19.4. The quantitative estimate of drug-likeness (QED) is 0.435. The number of ether oxygens (including phenoxy) is 1. The van der Waals surface area contributed by atoms with Crippen molar-refractivity contribution in [1.82, 2.24) is 4.98 Å². The molecule has 2 heterocycles. The predicted molar refractivity (Wildman–Crippen MR) is 142 cm³/mol. The molecule has 1 aromatic heterocycles. The third kappa shape index (κ3) is 3.90. The number of hydrogen-bond acceptors (Lipinski definition) is 6. The molecule has 0 radical (unpaired) electrons. The fourth-order valence-electron chi connectivity index (χ4n) is 5.34. The van der Waals surface area contributed by atoms with E-state index in [1.54, 1.807) is 7.11 Å². The van der Waals surface area contributed by atoms with E-state index in [0.717, 1.165) is 27.9 Å². The largest absolute Gasteiger partial charge is 0.497 e. The van der Waals surface area contributed by atoms with Crippen LogP contribution in [-0.2, 0) is 4.79 Å². The number of nitrogens with zero attached hydrogens (tertiary/aromatic N) is 3. The summed E-state index contributed by atoms with van der Waals surface area (Å²) in [5.74, 6) is 0.297. The number of nitrogens with two attached hydrogens (primary N) is 1. The van der Waals surface area contributed by atoms with E-state index >= 15 is 0 Å². The smallest absolute Gasteiger partial charge is 0.162 e. The van der Waals surface area contributed by atoms with Crippen LogP contribution in [0.3, 0.4) is 0 Å². The van der Waals surface area contributed by atoms with E-state index in [2.05, 4.69) is 24.9 Å². The first-order valence-electron chi connectivity index (χ1n) is 11.8. The van der Waals surface area contributed by atoms with E-state index in [-0.39, 0.29) is 27.7 Å². The highest BCUT2D eigenvalue weighted by Crippen LogP contribution is 2.51. The van der Waals surface area contributed by atoms with Crippen LogP contribution in [-0.4, -0.2) is 17.9 Å². The Labute approximate surface area is 215 Å². The summed E-state index contributed by atoms with van der Waals surface area (Å²) in [4.78, 5) is 20.2. The summed E-state index contributed by atoms with van der Waals surface area (Å²) < 4.78 is 5.31. The average molecular weight is 499 g/mol. The molecule has 3 aromatic rings. The Kier molecular flexibility index (Phi) is 5.77. The second-order valence-corrected chi connectivity index (χ2v) is 10.6. The molecule has 6 nitrogen and oxygen atoms in total. The van der Waals surface area contributed by atoms with Crippen LogP contribution in [0.1, 0.15) is 43.7 Å². The number of benzene rings is 2. The van der Waals surface area contributed by atoms with Gasteiger partial charge in [-0.2, -0.15) is 5.26 Å². The van der Waals surface area contributed by atoms with Gasteiger partial charge in [0.05, 0.1) is 30.2 Å². The molecule has 0 fully saturated rings. The van der Waals surface area contributed by atoms with Crippen molar-refractivity contribution in [1.29, 1.82) is 5.26 Å². The van der Waals surface area contributed by atoms with Gasteiger partial charge in [0.1, 0.15) is 16.7 Å². The minimum absolute atomic E-state index is 0.00887. The molecular weight excluding hydrogens is 472 g/mol. The maximum absolute atomic E-state index is 13.8. The van der Waals surface area contributed by atoms with Gasteiger partial charge in [-0.25, -0.2) is 4.98 Å². The Morgan fingerprint density at radius 2 is 1.89 bits per heavy atom. The van der Waals surface area contributed by atoms with E-state index in [1.807, 2.05) is 60.4 Å². The molecule has 0 bridgehead atoms. The minimum Gasteiger partial charge on any atom is -0.497 e. The van der Waals surface area contributed by atoms with Crippen LogP contribution < -0.4 is 15.4 Å². The molecule has 0 spiro atoms. The fraction of sp³-hybridized carbons (Fsp3) is 0.276. The maximum Gasteiger partial charge on any atom is 0.162 e. The highest BCUT2D eigenvalue weighted by molar-refractivity contribution is 6.31. The number of aryl methyl sites for hydroxylation is 1. The SMILES string of the molecule is COc1ccc(N2C(N)=C(C#N)C(c3cc4cc(C)ccc4nc3Cl)C3=C2CC(C)(C)CC3=O)cc1. The van der Waals surface area contributed by atoms with E-state index in [1.165, 1.54) is 0 Å². The van der Waals surface area contributed by atoms with Crippen molar-refractivity contribution < 1.29 is 9.53 Å². The molecule has 1 unspecified atom stereocenters. The number of pyridine rings is 1. The molecule has 1 aliphatic carbocycles. The molecule has 2 aromatic carbocycles. The number of rotatable bonds is 3. The van der Waals surface area contributed by atoms with Gasteiger partial charge in [0.2, 0.25) is 0 Å². The van der Waals surface area contributed by atoms with Gasteiger partial charge >= 0.3 is 0 Å². The molecule has 5 rings (SSSR count). The number of allylic oxidation sites excluding steroid dienone is 3. The van der Waals surface area contributed by atoms with Crippen LogP contribution in [0.15, 0.2) is 71.2 Å². The van der Waals surface area contributed by atoms with Crippen LogP contribution in [0.5, 0.6) is 5.75 Å². The number of carbonyl (C=O) groups excluding carboxylic acids is 1. The van der Waals surface area contributed by atoms with Crippen molar-refractivity contribution >= 4 is 34.0 Å². The molecule has 1 aliphatic heterocycles. The lowest BCUT2D eigenvalue weighted by Crippen LogP contribution is -2.42. The molecule has 2 aliphatic rings. The summed E-state index contributed by atoms with van der Waals surface area (Å²) in [5, 5.41) is 11.5. The number of aromatic nitrogens is 1. The summed E-state index contributed by atoms with van der Waals surface area (Å²) in [6.45, 7) is 6.15. The van der Waals surface area contributed by atoms with Gasteiger partial charge in [-0.1, -0.05) is 37.1 Å². The van der Waals surface area contributed by atoms with E-state index in [4.69, 9.17) is 22.1 Å². The first-order chi connectivity index (χ1) is 17.1. The van der Waals surface area contributed by atoms with Gasteiger partial charge in [0.15, 0.2) is 5.78 Å². The molecule has 1 atom stereocenters. The Morgan fingerprint density at radius 1 is 1.17 bits per heavy atom. The van der Waals surface area contributed by atoms with E-state index in [9.17, 15) is 10.1 Å². The lowest BCUT2D eigenvalue weighted by molar-refractivity contribution is -0.118. The van der Waals surface area contributed by atoms with E-state index in [0.29, 0.717) is 29.7 Å². The Morgan fingerprint density at radius 3 is 2.56 bits per heavy atom. The number of ketones is 1. The average Bonchev–Trinajstić information content (AvgIpc) is 2.83. The molecule has 36 heavy (non-hydrogen) atoms. The lowest BCUT2D eigenvalue weighted by Gasteiger charge is -2.43. The number of Topliss-reactive ketones (excluding diaryl/α,β-unsaturated/α-hetero) is 1. The standard InChI is InChI=1S/C29H27ClN4O2/c1-16-5-10-22-17(11-16)12-20(27(30)33-22)25-21(15-31)28(32)34(18-6-8-19(36-4)9-7-18)23-13-29(2,3)14-24(35)26(23)25/h5-12,25H,13-14,32H2,1-4H3. The van der Waals surface area contributed by atoms with Gasteiger partial charge in [0.25, 0.3) is 0 Å². The van der Waals surface area contributed by atoms with Crippen LogP contribution in [0.25, 0.3) is 10.9 Å². The van der Waals surface area contributed by atoms with Crippen LogP contribution in [0.2, 0.25) is 5.15 Å². The number of fused-ring (bicyclic) bond motifs is 1. The zero-order chi connectivity index (χ0) is 25.8. The Balaban J connectivity index is 1.78. The third-order valence-corrected chi connectivity index (χ3v) is 7.28. The summed E-state index contributed by atoms with van der Waals surface area (Å²) in [5.41, 5.74) is 11.3. The molecule has 0 amide bonds. The number of carbonyl (C=O) groups is 1. The number of anilines is 1. The molecular formula is C29H27ClN4O2. The van der Waals surface area contributed by atoms with Crippen molar-refractivity contribution in [3.63, 3.8) is 0 Å². The van der Waals surface area contributed by atoms with Crippen LogP contribution in [0.4, 0.5) is 5.69 Å². The van der Waals surface area contributed by atoms with Gasteiger partial charge in [-0.3, -0.25) is 9.69 Å². The summed E-state index contributed by atoms with van der Waals surface area (Å²) in [7, 11) is 1.61. The minimum atomic E-state index is -0.687. The summed E-state index contributed by atoms with van der Waals surface area (Å²) >= 11 is 6.72. The van der Waals surface area contributed by atoms with Crippen molar-refractivity contribution in [2.45, 2.75) is 39.5 Å². The maximum atomic E-state index is 13.8. The predicted octanol–water partition coefficient (Wildman–Crippen LogP) is 6.15. The third-order valence-electron chi connectivity index (χ3n) is 6.97. The van der Waals surface area contributed by atoms with Gasteiger partial charge in [0, 0.05) is 34.3 Å². The first kappa shape index (κ1) is 23.9. The lowest BCUT2D eigenvalue weighted by atomic mass is 9.68. The fourth-order valence-corrected chi connectivity index (χ4v) is 5.59. The van der Waals surface area contributed by atoms with Crippen molar-refractivity contribution in [2.75, 3.05) is 12.0 Å². The van der Waals surface area contributed by atoms with Crippen molar-refractivity contribution in [3.05, 3.63) is 87.5 Å². The molecule has 7 heteroatoms. The highest BCUT2D eigenvalue weighted by Gasteiger charge is 2.45. The second-order valence-electron chi connectivity index (χ2n) is 10.2. The monoisotopic (exact) mass is 498 g/mol. The van der Waals surface area contributed by atoms with Gasteiger partial charge in [-0.15, -0.1) is 0 Å². The molecule has 182 valence electrons. The Bertz CT molecular complexity index is 1510. The zero-order valence-electron chi connectivity index (χ0n) is 20.7. The highest BCUT2D eigenvalue weighted by atomic mass is 35.5. The summed E-state index contributed by atoms with van der Waals surface area (Å²) in [6.07, 6.45) is 0.989. The number of methoxy groups -OCH3 is 1. The number of nitriles is 1. The summed E-state index contributed by atoms with van der Waals surface area (Å²) in [6, 6.07) is 17.6. The zero-order valence-corrected chi connectivity index (χ0v) is 21.5. The Hall–Kier alpha value is -3.82. The number of hydrogen-bond donors (Lipinski definition) is 1. The molecule has 2 N–H and O–H groups in total. The van der Waals surface area contributed by atoms with Gasteiger partial charge in [-0.05, 0) is 61.2 Å². The van der Waals surface area contributed by atoms with Crippen LogP contribution in [0, 0.1) is 23.7 Å². The molecule has 0 saturated heterocycles. The molecule has 0 saturated carbocycles. The van der Waals surface area contributed by atoms with Gasteiger partial charge < -0.3 is 10.5 Å². The topological polar surface area (TPSA) is 92.2 Å².